The largest absolute Gasteiger partial charge is 0.492 e. The molecule has 0 bridgehead atoms. The lowest BCUT2D eigenvalue weighted by Crippen LogP contribution is -2.32. The maximum atomic E-state index is 12.8. The van der Waals surface area contributed by atoms with E-state index in [1.165, 1.54) is 12.1 Å². The molecule has 0 N–H and O–H groups in total. The van der Waals surface area contributed by atoms with Gasteiger partial charge in [-0.3, -0.25) is 14.5 Å². The topological polar surface area (TPSA) is 72.9 Å². The summed E-state index contributed by atoms with van der Waals surface area (Å²) in [5.74, 6) is -0.207. The minimum atomic E-state index is -0.597. The van der Waals surface area contributed by atoms with Gasteiger partial charge in [0.15, 0.2) is 0 Å². The standard InChI is InChI=1S/C25H17Cl2NO5S/c26-18-8-6-16(7-9-18)24(30)33-21-11-10-19(27)14-17(21)15-22-23(29)28(25(31)34-22)12-13-32-20-4-2-1-3-5-20/h1-11,14-15H,12-13H2/b22-15-. The van der Waals surface area contributed by atoms with E-state index in [2.05, 4.69) is 0 Å². The summed E-state index contributed by atoms with van der Waals surface area (Å²) in [7, 11) is 0. The molecule has 0 radical (unpaired) electrons. The van der Waals surface area contributed by atoms with Crippen molar-refractivity contribution in [3.63, 3.8) is 0 Å². The van der Waals surface area contributed by atoms with Crippen LogP contribution < -0.4 is 9.47 Å². The summed E-state index contributed by atoms with van der Waals surface area (Å²) in [6.07, 6.45) is 1.49. The third kappa shape index (κ3) is 5.80. The Morgan fingerprint density at radius 1 is 0.941 bits per heavy atom. The zero-order valence-corrected chi connectivity index (χ0v) is 19.9. The zero-order chi connectivity index (χ0) is 24.1. The third-order valence-corrected chi connectivity index (χ3v) is 6.14. The minimum Gasteiger partial charge on any atom is -0.492 e. The fraction of sp³-hybridized carbons (Fsp3) is 0.0800. The second-order valence-electron chi connectivity index (χ2n) is 7.07. The van der Waals surface area contributed by atoms with Gasteiger partial charge in [0.05, 0.1) is 17.0 Å². The molecule has 3 aromatic rings. The van der Waals surface area contributed by atoms with Crippen molar-refractivity contribution >= 4 is 58.2 Å². The van der Waals surface area contributed by atoms with E-state index < -0.39 is 17.1 Å². The van der Waals surface area contributed by atoms with Crippen LogP contribution in [-0.4, -0.2) is 35.2 Å². The number of carbonyl (C=O) groups excluding carboxylic acids is 3. The first-order valence-corrected chi connectivity index (χ1v) is 11.7. The van der Waals surface area contributed by atoms with Crippen molar-refractivity contribution in [1.29, 1.82) is 0 Å². The van der Waals surface area contributed by atoms with Crippen molar-refractivity contribution in [3.05, 3.63) is 98.9 Å². The van der Waals surface area contributed by atoms with Gasteiger partial charge in [0.25, 0.3) is 11.1 Å². The van der Waals surface area contributed by atoms with Gasteiger partial charge in [-0.05, 0) is 72.4 Å². The Morgan fingerprint density at radius 3 is 2.38 bits per heavy atom. The Kier molecular flexibility index (Phi) is 7.57. The third-order valence-electron chi connectivity index (χ3n) is 4.74. The van der Waals surface area contributed by atoms with Gasteiger partial charge >= 0.3 is 5.97 Å². The highest BCUT2D eigenvalue weighted by molar-refractivity contribution is 8.18. The normalized spacial score (nSPS) is 14.5. The van der Waals surface area contributed by atoms with E-state index >= 15 is 0 Å². The van der Waals surface area contributed by atoms with Crippen LogP contribution in [0.5, 0.6) is 11.5 Å². The predicted octanol–water partition coefficient (Wildman–Crippen LogP) is 6.33. The zero-order valence-electron chi connectivity index (χ0n) is 17.6. The van der Waals surface area contributed by atoms with Crippen LogP contribution in [0.1, 0.15) is 15.9 Å². The maximum absolute atomic E-state index is 12.8. The first-order valence-electron chi connectivity index (χ1n) is 10.1. The van der Waals surface area contributed by atoms with E-state index in [1.54, 1.807) is 48.5 Å². The van der Waals surface area contributed by atoms with E-state index in [0.717, 1.165) is 16.7 Å². The molecule has 0 unspecified atom stereocenters. The highest BCUT2D eigenvalue weighted by atomic mass is 35.5. The quantitative estimate of drug-likeness (QED) is 0.209. The van der Waals surface area contributed by atoms with Crippen LogP contribution in [0.15, 0.2) is 77.7 Å². The molecule has 1 fully saturated rings. The van der Waals surface area contributed by atoms with Crippen LogP contribution in [0.3, 0.4) is 0 Å². The van der Waals surface area contributed by atoms with Crippen molar-refractivity contribution in [3.8, 4) is 11.5 Å². The van der Waals surface area contributed by atoms with Gasteiger partial charge in [0, 0.05) is 15.6 Å². The average molecular weight is 514 g/mol. The molecule has 1 aliphatic rings. The number of amides is 2. The average Bonchev–Trinajstić information content (AvgIpc) is 3.09. The van der Waals surface area contributed by atoms with Gasteiger partial charge in [0.1, 0.15) is 18.1 Å². The Balaban J connectivity index is 1.49. The highest BCUT2D eigenvalue weighted by Gasteiger charge is 2.35. The number of ether oxygens (including phenoxy) is 2. The Morgan fingerprint density at radius 2 is 1.65 bits per heavy atom. The van der Waals surface area contributed by atoms with Gasteiger partial charge < -0.3 is 9.47 Å². The maximum Gasteiger partial charge on any atom is 0.343 e. The van der Waals surface area contributed by atoms with Crippen molar-refractivity contribution in [2.75, 3.05) is 13.2 Å². The molecule has 1 aliphatic heterocycles. The highest BCUT2D eigenvalue weighted by Crippen LogP contribution is 2.35. The summed E-state index contributed by atoms with van der Waals surface area (Å²) < 4.78 is 11.1. The molecule has 6 nitrogen and oxygen atoms in total. The number of nitrogens with zero attached hydrogens (tertiary/aromatic N) is 1. The minimum absolute atomic E-state index is 0.102. The summed E-state index contributed by atoms with van der Waals surface area (Å²) in [5, 5.41) is 0.469. The summed E-state index contributed by atoms with van der Waals surface area (Å²) in [6.45, 7) is 0.265. The fourth-order valence-corrected chi connectivity index (χ4v) is 4.24. The number of hydrogen-bond acceptors (Lipinski definition) is 6. The molecule has 0 atom stereocenters. The van der Waals surface area contributed by atoms with E-state index in [0.29, 0.717) is 26.9 Å². The molecule has 1 saturated heterocycles. The van der Waals surface area contributed by atoms with Crippen LogP contribution in [0.25, 0.3) is 6.08 Å². The van der Waals surface area contributed by atoms with Crippen molar-refractivity contribution < 1.29 is 23.9 Å². The second kappa shape index (κ2) is 10.8. The summed E-state index contributed by atoms with van der Waals surface area (Å²) >= 11 is 12.8. The van der Waals surface area contributed by atoms with E-state index in [-0.39, 0.29) is 23.8 Å². The molecule has 4 rings (SSSR count). The summed E-state index contributed by atoms with van der Waals surface area (Å²) in [4.78, 5) is 39.1. The molecule has 0 spiro atoms. The molecule has 1 heterocycles. The molecule has 0 saturated carbocycles. The smallest absolute Gasteiger partial charge is 0.343 e. The van der Waals surface area contributed by atoms with Gasteiger partial charge in [-0.25, -0.2) is 4.79 Å². The molecule has 0 aromatic heterocycles. The molecule has 3 aromatic carbocycles. The number of hydrogen-bond donors (Lipinski definition) is 0. The van der Waals surface area contributed by atoms with Crippen LogP contribution in [-0.2, 0) is 4.79 Å². The van der Waals surface area contributed by atoms with E-state index in [9.17, 15) is 14.4 Å². The first kappa shape index (κ1) is 23.9. The van der Waals surface area contributed by atoms with Crippen molar-refractivity contribution in [1.82, 2.24) is 4.90 Å². The Bertz CT molecular complexity index is 1260. The lowest BCUT2D eigenvalue weighted by atomic mass is 10.1. The molecule has 9 heteroatoms. The van der Waals surface area contributed by atoms with Crippen molar-refractivity contribution in [2.45, 2.75) is 0 Å². The molecular weight excluding hydrogens is 497 g/mol. The molecular formula is C25H17Cl2NO5S. The van der Waals surface area contributed by atoms with Crippen LogP contribution in [0, 0.1) is 0 Å². The molecule has 2 amide bonds. The predicted molar refractivity (Wildman–Crippen MR) is 132 cm³/mol. The van der Waals surface area contributed by atoms with Gasteiger partial charge in [-0.2, -0.15) is 0 Å². The molecule has 0 aliphatic carbocycles. The second-order valence-corrected chi connectivity index (χ2v) is 8.94. The summed E-state index contributed by atoms with van der Waals surface area (Å²) in [5.41, 5.74) is 0.699. The SMILES string of the molecule is O=C(Oc1ccc(Cl)cc1/C=C1\SC(=O)N(CCOc2ccccc2)C1=O)c1ccc(Cl)cc1. The van der Waals surface area contributed by atoms with Gasteiger partial charge in [-0.15, -0.1) is 0 Å². The monoisotopic (exact) mass is 513 g/mol. The fourth-order valence-electron chi connectivity index (χ4n) is 3.08. The van der Waals surface area contributed by atoms with Crippen LogP contribution in [0.4, 0.5) is 4.79 Å². The number of carbonyl (C=O) groups is 3. The first-order chi connectivity index (χ1) is 16.4. The summed E-state index contributed by atoms with van der Waals surface area (Å²) in [6, 6.07) is 20.0. The van der Waals surface area contributed by atoms with Gasteiger partial charge in [-0.1, -0.05) is 41.4 Å². The van der Waals surface area contributed by atoms with E-state index in [1.807, 2.05) is 18.2 Å². The number of benzene rings is 3. The lowest BCUT2D eigenvalue weighted by molar-refractivity contribution is -0.123. The molecule has 172 valence electrons. The number of para-hydroxylation sites is 1. The molecule has 34 heavy (non-hydrogen) atoms. The van der Waals surface area contributed by atoms with Crippen LogP contribution in [0.2, 0.25) is 10.0 Å². The Labute approximate surface area is 210 Å². The Hall–Kier alpha value is -3.26. The lowest BCUT2D eigenvalue weighted by Gasteiger charge is -2.13. The van der Waals surface area contributed by atoms with E-state index in [4.69, 9.17) is 32.7 Å². The van der Waals surface area contributed by atoms with Crippen molar-refractivity contribution in [2.24, 2.45) is 0 Å². The van der Waals surface area contributed by atoms with Gasteiger partial charge in [0.2, 0.25) is 0 Å². The number of thioether (sulfide) groups is 1. The number of rotatable bonds is 7. The number of esters is 1. The van der Waals surface area contributed by atoms with Crippen LogP contribution >= 0.6 is 35.0 Å². The number of halogens is 2. The number of imide groups is 1.